The Hall–Kier alpha value is -1.39. The molecule has 0 aliphatic rings. The smallest absolute Gasteiger partial charge is 0.126 e. The maximum atomic E-state index is 6.03. The molecular formula is C14H11BrN2S. The van der Waals surface area contributed by atoms with Crippen molar-refractivity contribution in [3.05, 3.63) is 46.4 Å². The Morgan fingerprint density at radius 2 is 2.00 bits per heavy atom. The van der Waals surface area contributed by atoms with Crippen LogP contribution in [0.2, 0.25) is 0 Å². The number of aromatic nitrogens is 1. The standard InChI is InChI=1S/C14H11BrN2S/c1-8-2-4-11(16)10(6-8)14-17-12-7-9(15)3-5-13(12)18-14/h2-7H,16H2,1H3. The molecule has 90 valence electrons. The summed E-state index contributed by atoms with van der Waals surface area (Å²) in [5, 5.41) is 0.976. The minimum atomic E-state index is 0.777. The molecule has 4 heteroatoms. The van der Waals surface area contributed by atoms with Crippen LogP contribution < -0.4 is 5.73 Å². The topological polar surface area (TPSA) is 38.9 Å². The van der Waals surface area contributed by atoms with Crippen LogP contribution in [0, 0.1) is 6.92 Å². The number of anilines is 1. The van der Waals surface area contributed by atoms with Gasteiger partial charge in [-0.25, -0.2) is 4.98 Å². The van der Waals surface area contributed by atoms with E-state index < -0.39 is 0 Å². The van der Waals surface area contributed by atoms with Gasteiger partial charge >= 0.3 is 0 Å². The fraction of sp³-hybridized carbons (Fsp3) is 0.0714. The van der Waals surface area contributed by atoms with E-state index in [-0.39, 0.29) is 0 Å². The van der Waals surface area contributed by atoms with E-state index in [9.17, 15) is 0 Å². The summed E-state index contributed by atoms with van der Waals surface area (Å²) in [7, 11) is 0. The number of hydrogen-bond acceptors (Lipinski definition) is 3. The Kier molecular flexibility index (Phi) is 2.84. The maximum Gasteiger partial charge on any atom is 0.126 e. The van der Waals surface area contributed by atoms with Crippen molar-refractivity contribution in [1.82, 2.24) is 4.98 Å². The van der Waals surface area contributed by atoms with E-state index >= 15 is 0 Å². The molecule has 0 fully saturated rings. The second kappa shape index (κ2) is 4.37. The summed E-state index contributed by atoms with van der Waals surface area (Å²) in [5.41, 5.74) is 10.0. The number of halogens is 1. The van der Waals surface area contributed by atoms with Gasteiger partial charge in [-0.05, 0) is 37.3 Å². The average Bonchev–Trinajstić information content (AvgIpc) is 2.74. The summed E-state index contributed by atoms with van der Waals surface area (Å²) in [5.74, 6) is 0. The first kappa shape index (κ1) is 11.7. The lowest BCUT2D eigenvalue weighted by atomic mass is 10.1. The van der Waals surface area contributed by atoms with Gasteiger partial charge in [0.05, 0.1) is 10.2 Å². The molecule has 0 atom stereocenters. The van der Waals surface area contributed by atoms with Crippen LogP contribution in [0.3, 0.4) is 0 Å². The predicted octanol–water partition coefficient (Wildman–Crippen LogP) is 4.62. The van der Waals surface area contributed by atoms with Crippen molar-refractivity contribution < 1.29 is 0 Å². The van der Waals surface area contributed by atoms with Gasteiger partial charge in [0.1, 0.15) is 5.01 Å². The third-order valence-electron chi connectivity index (χ3n) is 2.79. The van der Waals surface area contributed by atoms with Crippen LogP contribution in [-0.4, -0.2) is 4.98 Å². The van der Waals surface area contributed by atoms with Crippen LogP contribution in [0.25, 0.3) is 20.8 Å². The highest BCUT2D eigenvalue weighted by atomic mass is 79.9. The Labute approximate surface area is 118 Å². The van der Waals surface area contributed by atoms with Gasteiger partial charge in [0, 0.05) is 15.7 Å². The van der Waals surface area contributed by atoms with Crippen LogP contribution >= 0.6 is 27.3 Å². The van der Waals surface area contributed by atoms with Crippen LogP contribution in [-0.2, 0) is 0 Å². The molecule has 0 saturated heterocycles. The Morgan fingerprint density at radius 1 is 1.17 bits per heavy atom. The lowest BCUT2D eigenvalue weighted by molar-refractivity contribution is 1.43. The van der Waals surface area contributed by atoms with E-state index in [1.807, 2.05) is 24.3 Å². The lowest BCUT2D eigenvalue weighted by Gasteiger charge is -2.02. The highest BCUT2D eigenvalue weighted by Gasteiger charge is 2.09. The van der Waals surface area contributed by atoms with E-state index in [4.69, 9.17) is 5.73 Å². The van der Waals surface area contributed by atoms with Gasteiger partial charge < -0.3 is 5.73 Å². The maximum absolute atomic E-state index is 6.03. The largest absolute Gasteiger partial charge is 0.398 e. The molecule has 0 aliphatic carbocycles. The second-order valence-electron chi connectivity index (χ2n) is 4.22. The van der Waals surface area contributed by atoms with Crippen molar-refractivity contribution in [2.45, 2.75) is 6.92 Å². The zero-order chi connectivity index (χ0) is 12.7. The molecule has 0 amide bonds. The average molecular weight is 319 g/mol. The normalized spacial score (nSPS) is 11.0. The summed E-state index contributed by atoms with van der Waals surface area (Å²) in [6.07, 6.45) is 0. The summed E-state index contributed by atoms with van der Waals surface area (Å²) in [4.78, 5) is 4.65. The minimum absolute atomic E-state index is 0.777. The highest BCUT2D eigenvalue weighted by molar-refractivity contribution is 9.10. The fourth-order valence-corrected chi connectivity index (χ4v) is 3.20. The molecule has 3 rings (SSSR count). The molecule has 1 heterocycles. The summed E-state index contributed by atoms with van der Waals surface area (Å²) in [6, 6.07) is 12.2. The van der Waals surface area contributed by atoms with Crippen LogP contribution in [0.1, 0.15) is 5.56 Å². The number of benzene rings is 2. The van der Waals surface area contributed by atoms with Crippen LogP contribution in [0.5, 0.6) is 0 Å². The van der Waals surface area contributed by atoms with Crippen molar-refractivity contribution >= 4 is 43.2 Å². The van der Waals surface area contributed by atoms with Gasteiger partial charge in [-0.15, -0.1) is 11.3 Å². The van der Waals surface area contributed by atoms with Gasteiger partial charge in [-0.2, -0.15) is 0 Å². The molecule has 0 bridgehead atoms. The molecule has 2 N–H and O–H groups in total. The van der Waals surface area contributed by atoms with Crippen molar-refractivity contribution in [3.63, 3.8) is 0 Å². The lowest BCUT2D eigenvalue weighted by Crippen LogP contribution is -1.89. The first-order valence-corrected chi connectivity index (χ1v) is 7.17. The molecule has 2 aromatic carbocycles. The van der Waals surface area contributed by atoms with E-state index in [0.29, 0.717) is 0 Å². The monoisotopic (exact) mass is 318 g/mol. The van der Waals surface area contributed by atoms with Crippen molar-refractivity contribution in [3.8, 4) is 10.6 Å². The van der Waals surface area contributed by atoms with E-state index in [1.165, 1.54) is 10.3 Å². The molecule has 0 saturated carbocycles. The van der Waals surface area contributed by atoms with E-state index in [1.54, 1.807) is 11.3 Å². The SMILES string of the molecule is Cc1ccc(N)c(-c2nc3cc(Br)ccc3s2)c1. The fourth-order valence-electron chi connectivity index (χ4n) is 1.87. The summed E-state index contributed by atoms with van der Waals surface area (Å²) < 4.78 is 2.22. The van der Waals surface area contributed by atoms with E-state index in [2.05, 4.69) is 40.0 Å². The third-order valence-corrected chi connectivity index (χ3v) is 4.35. The Bertz CT molecular complexity index is 734. The molecule has 1 aromatic heterocycles. The van der Waals surface area contributed by atoms with Gasteiger partial charge in [0.15, 0.2) is 0 Å². The van der Waals surface area contributed by atoms with Crippen LogP contribution in [0.15, 0.2) is 40.9 Å². The van der Waals surface area contributed by atoms with Crippen LogP contribution in [0.4, 0.5) is 5.69 Å². The molecule has 0 spiro atoms. The third kappa shape index (κ3) is 2.02. The molecule has 0 radical (unpaired) electrons. The van der Waals surface area contributed by atoms with Gasteiger partial charge in [0.25, 0.3) is 0 Å². The zero-order valence-corrected chi connectivity index (χ0v) is 12.2. The number of hydrogen-bond donors (Lipinski definition) is 1. The highest BCUT2D eigenvalue weighted by Crippen LogP contribution is 2.34. The Balaban J connectivity index is 2.22. The zero-order valence-electron chi connectivity index (χ0n) is 9.77. The number of nitrogens with zero attached hydrogens (tertiary/aromatic N) is 1. The van der Waals surface area contributed by atoms with Gasteiger partial charge in [-0.3, -0.25) is 0 Å². The second-order valence-corrected chi connectivity index (χ2v) is 6.17. The molecule has 2 nitrogen and oxygen atoms in total. The number of aryl methyl sites for hydroxylation is 1. The first-order valence-electron chi connectivity index (χ1n) is 5.56. The molecular weight excluding hydrogens is 308 g/mol. The van der Waals surface area contributed by atoms with Crippen molar-refractivity contribution in [1.29, 1.82) is 0 Å². The molecule has 0 unspecified atom stereocenters. The molecule has 0 aliphatic heterocycles. The predicted molar refractivity (Wildman–Crippen MR) is 81.9 cm³/mol. The summed E-state index contributed by atoms with van der Waals surface area (Å²) in [6.45, 7) is 2.06. The summed E-state index contributed by atoms with van der Waals surface area (Å²) >= 11 is 5.13. The number of fused-ring (bicyclic) bond motifs is 1. The number of nitrogens with two attached hydrogens (primary N) is 1. The number of rotatable bonds is 1. The minimum Gasteiger partial charge on any atom is -0.398 e. The quantitative estimate of drug-likeness (QED) is 0.665. The number of thiazole rings is 1. The first-order chi connectivity index (χ1) is 8.63. The van der Waals surface area contributed by atoms with Crippen molar-refractivity contribution in [2.24, 2.45) is 0 Å². The van der Waals surface area contributed by atoms with Gasteiger partial charge in [-0.1, -0.05) is 27.6 Å². The van der Waals surface area contributed by atoms with E-state index in [0.717, 1.165) is 26.2 Å². The molecule has 3 aromatic rings. The number of nitrogen functional groups attached to an aromatic ring is 1. The van der Waals surface area contributed by atoms with Gasteiger partial charge in [0.2, 0.25) is 0 Å². The van der Waals surface area contributed by atoms with Crippen molar-refractivity contribution in [2.75, 3.05) is 5.73 Å². The molecule has 18 heavy (non-hydrogen) atoms. The Morgan fingerprint density at radius 3 is 2.83 bits per heavy atom.